The van der Waals surface area contributed by atoms with E-state index in [1.807, 2.05) is 0 Å². The van der Waals surface area contributed by atoms with Crippen LogP contribution >= 0.6 is 0 Å². The topological polar surface area (TPSA) is 127 Å². The normalized spacial score (nSPS) is 12.6. The molecule has 0 bridgehead atoms. The molecule has 13 heteroatoms. The zero-order valence-electron chi connectivity index (χ0n) is 19.2. The van der Waals surface area contributed by atoms with Crippen LogP contribution < -0.4 is 14.8 Å². The highest BCUT2D eigenvalue weighted by Gasteiger charge is 2.31. The number of halogens is 3. The van der Waals surface area contributed by atoms with Gasteiger partial charge in [0.15, 0.2) is 5.65 Å². The molecule has 10 nitrogen and oxygen atoms in total. The van der Waals surface area contributed by atoms with Crippen LogP contribution in [-0.4, -0.2) is 54.7 Å². The van der Waals surface area contributed by atoms with Crippen molar-refractivity contribution in [2.45, 2.75) is 19.4 Å². The molecule has 5 aromatic rings. The maximum absolute atomic E-state index is 12.8. The highest BCUT2D eigenvalue weighted by Crippen LogP contribution is 2.29. The quantitative estimate of drug-likeness (QED) is 0.299. The molecule has 37 heavy (non-hydrogen) atoms. The van der Waals surface area contributed by atoms with Crippen molar-refractivity contribution in [3.05, 3.63) is 66.5 Å². The number of amides is 1. The zero-order chi connectivity index (χ0) is 26.2. The van der Waals surface area contributed by atoms with E-state index < -0.39 is 18.4 Å². The first-order chi connectivity index (χ1) is 17.6. The lowest BCUT2D eigenvalue weighted by molar-refractivity contribution is -0.274. The summed E-state index contributed by atoms with van der Waals surface area (Å²) in [5.74, 6) is -0.432. The number of H-pyrrole nitrogens is 1. The summed E-state index contributed by atoms with van der Waals surface area (Å²) in [6.07, 6.45) is -4.02. The van der Waals surface area contributed by atoms with Crippen molar-refractivity contribution in [2.75, 3.05) is 11.9 Å². The predicted octanol–water partition coefficient (Wildman–Crippen LogP) is 4.18. The summed E-state index contributed by atoms with van der Waals surface area (Å²) >= 11 is 0. The summed E-state index contributed by atoms with van der Waals surface area (Å²) in [5, 5.41) is 16.2. The van der Waals surface area contributed by atoms with Crippen molar-refractivity contribution >= 4 is 28.5 Å². The maximum Gasteiger partial charge on any atom is 0.573 e. The molecule has 0 aliphatic carbocycles. The van der Waals surface area contributed by atoms with Gasteiger partial charge in [-0.1, -0.05) is 18.2 Å². The Morgan fingerprint density at radius 2 is 1.95 bits per heavy atom. The minimum Gasteiger partial charge on any atom is -0.474 e. The average Bonchev–Trinajstić information content (AvgIpc) is 3.44. The number of ether oxygens (including phenoxy) is 2. The van der Waals surface area contributed by atoms with Crippen LogP contribution in [0, 0.1) is 0 Å². The molecule has 3 heterocycles. The number of nitrogens with zero attached hydrogens (tertiary/aromatic N) is 4. The third-order valence-electron chi connectivity index (χ3n) is 5.12. The fraction of sp³-hybridized carbons (Fsp3) is 0.167. The standard InChI is InChI=1S/C24H19F3N6O4/c1-13(34)12-36-21-8-7-20-28-19(11-33(20)32-21)22(35)31-23-29-17-6-5-15(10-18(17)30-23)14-3-2-4-16(9-14)37-24(25,26)27/h2-11,13,34H,12H2,1H3,(H2,29,30,31,35)/t13-/m0/s1. The second-order valence-corrected chi connectivity index (χ2v) is 8.11. The number of anilines is 1. The van der Waals surface area contributed by atoms with E-state index in [1.165, 1.54) is 28.9 Å². The first kappa shape index (κ1) is 24.1. The molecule has 0 saturated heterocycles. The second-order valence-electron chi connectivity index (χ2n) is 8.11. The third-order valence-corrected chi connectivity index (χ3v) is 5.12. The van der Waals surface area contributed by atoms with E-state index in [0.717, 1.165) is 0 Å². The van der Waals surface area contributed by atoms with Crippen LogP contribution in [0.15, 0.2) is 60.8 Å². The minimum absolute atomic E-state index is 0.0705. The SMILES string of the molecule is C[C@H](O)COc1ccc2nc(C(=O)Nc3nc4ccc(-c5cccc(OC(F)(F)F)c5)cc4[nH]3)cn2n1. The molecule has 1 atom stereocenters. The number of aliphatic hydroxyl groups is 1. The number of carbonyl (C=O) groups excluding carboxylic acids is 1. The van der Waals surface area contributed by atoms with E-state index in [1.54, 1.807) is 43.3 Å². The van der Waals surface area contributed by atoms with Crippen LogP contribution in [0.5, 0.6) is 11.6 Å². The number of aliphatic hydroxyl groups excluding tert-OH is 1. The van der Waals surface area contributed by atoms with Crippen LogP contribution in [0.4, 0.5) is 19.1 Å². The van der Waals surface area contributed by atoms with Crippen LogP contribution in [0.3, 0.4) is 0 Å². The molecule has 0 spiro atoms. The van der Waals surface area contributed by atoms with Gasteiger partial charge in [0.2, 0.25) is 11.8 Å². The number of rotatable bonds is 7. The minimum atomic E-state index is -4.79. The summed E-state index contributed by atoms with van der Waals surface area (Å²) < 4.78 is 48.4. The first-order valence-electron chi connectivity index (χ1n) is 11.0. The van der Waals surface area contributed by atoms with E-state index in [2.05, 4.69) is 30.1 Å². The Bertz CT molecular complexity index is 1590. The van der Waals surface area contributed by atoms with Gasteiger partial charge in [-0.05, 0) is 48.4 Å². The number of carbonyl (C=O) groups is 1. The summed E-state index contributed by atoms with van der Waals surface area (Å²) in [5.41, 5.74) is 2.74. The van der Waals surface area contributed by atoms with E-state index in [4.69, 9.17) is 4.74 Å². The highest BCUT2D eigenvalue weighted by atomic mass is 19.4. The van der Waals surface area contributed by atoms with Crippen LogP contribution in [0.25, 0.3) is 27.8 Å². The van der Waals surface area contributed by atoms with Gasteiger partial charge >= 0.3 is 6.36 Å². The Balaban J connectivity index is 1.33. The molecule has 0 aliphatic heterocycles. The summed E-state index contributed by atoms with van der Waals surface area (Å²) in [4.78, 5) is 24.3. The lowest BCUT2D eigenvalue weighted by Gasteiger charge is -2.10. The number of hydrogen-bond acceptors (Lipinski definition) is 7. The fourth-order valence-corrected chi connectivity index (χ4v) is 3.55. The Morgan fingerprint density at radius 1 is 1.14 bits per heavy atom. The largest absolute Gasteiger partial charge is 0.573 e. The number of aromatic amines is 1. The van der Waals surface area contributed by atoms with Crippen molar-refractivity contribution in [2.24, 2.45) is 0 Å². The van der Waals surface area contributed by atoms with Gasteiger partial charge in [-0.3, -0.25) is 10.1 Å². The average molecular weight is 512 g/mol. The van der Waals surface area contributed by atoms with Gasteiger partial charge in [0.1, 0.15) is 18.1 Å². The van der Waals surface area contributed by atoms with Crippen molar-refractivity contribution in [3.8, 4) is 22.8 Å². The highest BCUT2D eigenvalue weighted by molar-refractivity contribution is 6.03. The van der Waals surface area contributed by atoms with Crippen LogP contribution in [-0.2, 0) is 0 Å². The molecule has 3 aromatic heterocycles. The van der Waals surface area contributed by atoms with Gasteiger partial charge in [-0.2, -0.15) is 0 Å². The zero-order valence-corrected chi connectivity index (χ0v) is 19.2. The van der Waals surface area contributed by atoms with E-state index in [9.17, 15) is 23.1 Å². The van der Waals surface area contributed by atoms with Gasteiger partial charge in [-0.15, -0.1) is 18.3 Å². The van der Waals surface area contributed by atoms with Crippen molar-refractivity contribution in [1.82, 2.24) is 24.6 Å². The van der Waals surface area contributed by atoms with Crippen molar-refractivity contribution < 1.29 is 32.5 Å². The summed E-state index contributed by atoms with van der Waals surface area (Å²) in [6, 6.07) is 13.9. The van der Waals surface area contributed by atoms with Crippen LogP contribution in [0.1, 0.15) is 17.4 Å². The lowest BCUT2D eigenvalue weighted by Crippen LogP contribution is -2.17. The third kappa shape index (κ3) is 5.62. The summed E-state index contributed by atoms with van der Waals surface area (Å²) in [6.45, 7) is 1.66. The van der Waals surface area contributed by atoms with E-state index in [0.29, 0.717) is 27.8 Å². The number of nitrogens with one attached hydrogen (secondary N) is 2. The van der Waals surface area contributed by atoms with Crippen molar-refractivity contribution in [1.29, 1.82) is 0 Å². The molecule has 0 unspecified atom stereocenters. The molecule has 2 aromatic carbocycles. The second kappa shape index (κ2) is 9.43. The number of fused-ring (bicyclic) bond motifs is 2. The van der Waals surface area contributed by atoms with Gasteiger partial charge in [0.25, 0.3) is 5.91 Å². The monoisotopic (exact) mass is 512 g/mol. The predicted molar refractivity (Wildman–Crippen MR) is 126 cm³/mol. The maximum atomic E-state index is 12.8. The molecular formula is C24H19F3N6O4. The Kier molecular flexibility index (Phi) is 6.13. The Hall–Kier alpha value is -4.65. The van der Waals surface area contributed by atoms with Crippen molar-refractivity contribution in [3.63, 3.8) is 0 Å². The molecule has 0 radical (unpaired) electrons. The Morgan fingerprint density at radius 3 is 2.73 bits per heavy atom. The van der Waals surface area contributed by atoms with Crippen LogP contribution in [0.2, 0.25) is 0 Å². The number of alkyl halides is 3. The van der Waals surface area contributed by atoms with Gasteiger partial charge in [0.05, 0.1) is 23.3 Å². The molecule has 0 aliphatic rings. The molecule has 3 N–H and O–H groups in total. The number of benzene rings is 2. The fourth-order valence-electron chi connectivity index (χ4n) is 3.55. The molecule has 5 rings (SSSR count). The molecule has 0 saturated carbocycles. The van der Waals surface area contributed by atoms with Gasteiger partial charge in [-0.25, -0.2) is 14.5 Å². The molecule has 1 amide bonds. The molecular weight excluding hydrogens is 493 g/mol. The van der Waals surface area contributed by atoms with Gasteiger partial charge in [0, 0.05) is 6.07 Å². The van der Waals surface area contributed by atoms with Gasteiger partial charge < -0.3 is 19.6 Å². The van der Waals surface area contributed by atoms with E-state index >= 15 is 0 Å². The molecule has 0 fully saturated rings. The number of imidazole rings is 2. The van der Waals surface area contributed by atoms with E-state index in [-0.39, 0.29) is 29.9 Å². The summed E-state index contributed by atoms with van der Waals surface area (Å²) in [7, 11) is 0. The number of aromatic nitrogens is 5. The lowest BCUT2D eigenvalue weighted by atomic mass is 10.0. The Labute approximate surface area is 206 Å². The first-order valence-corrected chi connectivity index (χ1v) is 11.0. The smallest absolute Gasteiger partial charge is 0.474 e. The number of hydrogen-bond donors (Lipinski definition) is 3. The molecule has 190 valence electrons.